The number of hydrogen-bond donors (Lipinski definition) is 3. The van der Waals surface area contributed by atoms with Crippen molar-refractivity contribution in [1.29, 1.82) is 0 Å². The second-order valence-corrected chi connectivity index (χ2v) is 4.41. The summed E-state index contributed by atoms with van der Waals surface area (Å²) in [5, 5.41) is 15.3. The SMILES string of the molecule is C#CCNc1nc(-n2cc(OC(=O)O)cn2)nc(N)c1Br. The number of carboxylic acid groups (broad SMARTS) is 1. The quantitative estimate of drug-likeness (QED) is 0.551. The van der Waals surface area contributed by atoms with Crippen LogP contribution >= 0.6 is 15.9 Å². The fourth-order valence-electron chi connectivity index (χ4n) is 1.38. The number of nitrogens with two attached hydrogens (primary N) is 1. The van der Waals surface area contributed by atoms with Crippen molar-refractivity contribution in [3.05, 3.63) is 16.9 Å². The van der Waals surface area contributed by atoms with Crippen LogP contribution in [0.4, 0.5) is 16.4 Å². The molecule has 0 radical (unpaired) electrons. The summed E-state index contributed by atoms with van der Waals surface area (Å²) in [7, 11) is 0. The number of halogens is 1. The average Bonchev–Trinajstić information content (AvgIpc) is 2.88. The Morgan fingerprint density at radius 1 is 1.62 bits per heavy atom. The molecule has 0 unspecified atom stereocenters. The van der Waals surface area contributed by atoms with E-state index in [9.17, 15) is 4.79 Å². The second kappa shape index (κ2) is 6.10. The first kappa shape index (κ1) is 14.6. The lowest BCUT2D eigenvalue weighted by Gasteiger charge is -2.08. The van der Waals surface area contributed by atoms with E-state index in [0.717, 1.165) is 0 Å². The van der Waals surface area contributed by atoms with Crippen molar-refractivity contribution in [3.8, 4) is 24.0 Å². The largest absolute Gasteiger partial charge is 0.511 e. The van der Waals surface area contributed by atoms with E-state index in [-0.39, 0.29) is 24.1 Å². The molecule has 9 nitrogen and oxygen atoms in total. The minimum Gasteiger partial charge on any atom is -0.449 e. The molecule has 21 heavy (non-hydrogen) atoms. The third-order valence-corrected chi connectivity index (χ3v) is 2.97. The summed E-state index contributed by atoms with van der Waals surface area (Å²) < 4.78 is 6.15. The van der Waals surface area contributed by atoms with Gasteiger partial charge in [-0.1, -0.05) is 5.92 Å². The number of carbonyl (C=O) groups is 1. The number of nitrogens with zero attached hydrogens (tertiary/aromatic N) is 4. The molecular formula is C11H9BrN6O3. The number of terminal acetylenes is 1. The molecule has 4 N–H and O–H groups in total. The van der Waals surface area contributed by atoms with Crippen LogP contribution in [0.3, 0.4) is 0 Å². The van der Waals surface area contributed by atoms with Gasteiger partial charge in [0, 0.05) is 0 Å². The van der Waals surface area contributed by atoms with Crippen LogP contribution in [-0.4, -0.2) is 37.6 Å². The van der Waals surface area contributed by atoms with Gasteiger partial charge in [0.2, 0.25) is 0 Å². The number of ether oxygens (including phenoxy) is 1. The number of nitrogens with one attached hydrogen (secondary N) is 1. The molecule has 0 aromatic carbocycles. The minimum atomic E-state index is -1.44. The van der Waals surface area contributed by atoms with Crippen molar-refractivity contribution in [2.24, 2.45) is 0 Å². The molecule has 0 saturated carbocycles. The average molecular weight is 353 g/mol. The van der Waals surface area contributed by atoms with E-state index in [1.165, 1.54) is 17.1 Å². The van der Waals surface area contributed by atoms with Crippen molar-refractivity contribution in [2.75, 3.05) is 17.6 Å². The maximum atomic E-state index is 10.4. The van der Waals surface area contributed by atoms with Gasteiger partial charge in [0.15, 0.2) is 5.75 Å². The normalized spacial score (nSPS) is 9.90. The van der Waals surface area contributed by atoms with Crippen LogP contribution in [0.2, 0.25) is 0 Å². The Hall–Kier alpha value is -2.80. The predicted molar refractivity (Wildman–Crippen MR) is 77.2 cm³/mol. The van der Waals surface area contributed by atoms with Gasteiger partial charge in [-0.15, -0.1) is 6.42 Å². The van der Waals surface area contributed by atoms with Gasteiger partial charge in [0.25, 0.3) is 5.95 Å². The number of nitrogen functional groups attached to an aromatic ring is 1. The molecule has 2 heterocycles. The Labute approximate surface area is 127 Å². The van der Waals surface area contributed by atoms with Crippen LogP contribution in [-0.2, 0) is 0 Å². The van der Waals surface area contributed by atoms with Crippen LogP contribution in [0.15, 0.2) is 16.9 Å². The molecule has 0 atom stereocenters. The van der Waals surface area contributed by atoms with Crippen molar-refractivity contribution < 1.29 is 14.6 Å². The highest BCUT2D eigenvalue weighted by molar-refractivity contribution is 9.10. The van der Waals surface area contributed by atoms with E-state index in [1.807, 2.05) is 0 Å². The number of aromatic nitrogens is 4. The highest BCUT2D eigenvalue weighted by atomic mass is 79.9. The van der Waals surface area contributed by atoms with E-state index >= 15 is 0 Å². The van der Waals surface area contributed by atoms with Gasteiger partial charge >= 0.3 is 6.16 Å². The minimum absolute atomic E-state index is 0.0331. The predicted octanol–water partition coefficient (Wildman–Crippen LogP) is 1.11. The highest BCUT2D eigenvalue weighted by Crippen LogP contribution is 2.26. The second-order valence-electron chi connectivity index (χ2n) is 3.62. The summed E-state index contributed by atoms with van der Waals surface area (Å²) in [6, 6.07) is 0. The lowest BCUT2D eigenvalue weighted by atomic mass is 10.5. The standard InChI is InChI=1S/C11H9BrN6O3/c1-2-3-14-9-7(12)8(13)16-10(17-9)18-5-6(4-15-18)21-11(19)20/h1,4-5H,3H2,(H,19,20)(H3,13,14,16,17). The molecule has 108 valence electrons. The van der Waals surface area contributed by atoms with Crippen molar-refractivity contribution in [3.63, 3.8) is 0 Å². The number of anilines is 2. The van der Waals surface area contributed by atoms with Gasteiger partial charge in [0.1, 0.15) is 16.1 Å². The van der Waals surface area contributed by atoms with Crippen LogP contribution in [0.5, 0.6) is 5.75 Å². The first-order chi connectivity index (χ1) is 10.0. The maximum absolute atomic E-state index is 10.4. The molecule has 0 aliphatic rings. The van der Waals surface area contributed by atoms with Crippen LogP contribution < -0.4 is 15.8 Å². The van der Waals surface area contributed by atoms with E-state index < -0.39 is 6.16 Å². The molecule has 2 rings (SSSR count). The van der Waals surface area contributed by atoms with E-state index in [0.29, 0.717) is 10.3 Å². The van der Waals surface area contributed by atoms with E-state index in [1.54, 1.807) is 0 Å². The molecule has 0 aliphatic carbocycles. The molecule has 0 fully saturated rings. The molecule has 0 aliphatic heterocycles. The first-order valence-corrected chi connectivity index (χ1v) is 6.26. The summed E-state index contributed by atoms with van der Waals surface area (Å²) in [6.45, 7) is 0.251. The molecule has 2 aromatic heterocycles. The maximum Gasteiger partial charge on any atom is 0.511 e. The molecule has 0 spiro atoms. The van der Waals surface area contributed by atoms with Crippen LogP contribution in [0, 0.1) is 12.3 Å². The smallest absolute Gasteiger partial charge is 0.449 e. The summed E-state index contributed by atoms with van der Waals surface area (Å²) in [4.78, 5) is 18.7. The zero-order chi connectivity index (χ0) is 15.4. The topological polar surface area (TPSA) is 128 Å². The molecule has 0 saturated heterocycles. The Balaban J connectivity index is 2.35. The molecule has 10 heteroatoms. The fraction of sp³-hybridized carbons (Fsp3) is 0.0909. The Kier molecular flexibility index (Phi) is 4.24. The summed E-state index contributed by atoms with van der Waals surface area (Å²) >= 11 is 3.24. The number of rotatable bonds is 4. The number of hydrogen-bond acceptors (Lipinski definition) is 7. The lowest BCUT2D eigenvalue weighted by Crippen LogP contribution is -2.10. The van der Waals surface area contributed by atoms with E-state index in [4.69, 9.17) is 17.3 Å². The van der Waals surface area contributed by atoms with Gasteiger partial charge in [0.05, 0.1) is 18.9 Å². The molecule has 2 aromatic rings. The van der Waals surface area contributed by atoms with Gasteiger partial charge < -0.3 is 20.9 Å². The fourth-order valence-corrected chi connectivity index (χ4v) is 1.69. The van der Waals surface area contributed by atoms with Gasteiger partial charge in [-0.25, -0.2) is 9.48 Å². The Morgan fingerprint density at radius 3 is 3.05 bits per heavy atom. The lowest BCUT2D eigenvalue weighted by molar-refractivity contribution is 0.144. The van der Waals surface area contributed by atoms with Crippen molar-refractivity contribution in [2.45, 2.75) is 0 Å². The van der Waals surface area contributed by atoms with Crippen molar-refractivity contribution in [1.82, 2.24) is 19.7 Å². The highest BCUT2D eigenvalue weighted by Gasteiger charge is 2.13. The Bertz CT molecular complexity index is 723. The van der Waals surface area contributed by atoms with Crippen molar-refractivity contribution >= 4 is 33.7 Å². The van der Waals surface area contributed by atoms with Crippen LogP contribution in [0.25, 0.3) is 5.95 Å². The summed E-state index contributed by atoms with van der Waals surface area (Å²) in [6.07, 6.45) is 6.25. The van der Waals surface area contributed by atoms with Gasteiger partial charge in [-0.05, 0) is 15.9 Å². The molecule has 0 bridgehead atoms. The summed E-state index contributed by atoms with van der Waals surface area (Å²) in [5.41, 5.74) is 5.76. The third-order valence-electron chi connectivity index (χ3n) is 2.19. The summed E-state index contributed by atoms with van der Waals surface area (Å²) in [5.74, 6) is 3.15. The Morgan fingerprint density at radius 2 is 2.38 bits per heavy atom. The van der Waals surface area contributed by atoms with Gasteiger partial charge in [-0.3, -0.25) is 0 Å². The zero-order valence-corrected chi connectivity index (χ0v) is 12.0. The van der Waals surface area contributed by atoms with Crippen LogP contribution in [0.1, 0.15) is 0 Å². The first-order valence-electron chi connectivity index (χ1n) is 5.47. The van der Waals surface area contributed by atoms with E-state index in [2.05, 4.69) is 47.0 Å². The monoisotopic (exact) mass is 352 g/mol. The molecule has 0 amide bonds. The zero-order valence-electron chi connectivity index (χ0n) is 10.4. The molecular weight excluding hydrogens is 344 g/mol. The third kappa shape index (κ3) is 3.40. The van der Waals surface area contributed by atoms with Gasteiger partial charge in [-0.2, -0.15) is 15.1 Å².